The summed E-state index contributed by atoms with van der Waals surface area (Å²) >= 11 is 13.6. The number of hydrogen-bond acceptors (Lipinski definition) is 4. The Bertz CT molecular complexity index is 1340. The Morgan fingerprint density at radius 1 is 1.09 bits per heavy atom. The number of nitriles is 1. The SMILES string of the molecule is Cc1ccccc1NC(=O)/C(C#N)=C1\S[C@H](Cc2cc(Cl)ccc2Cl)C(=O)N1c1ccccc1. The molecule has 3 aromatic rings. The highest BCUT2D eigenvalue weighted by molar-refractivity contribution is 8.05. The molecule has 1 aliphatic heterocycles. The van der Waals surface area contributed by atoms with Crippen molar-refractivity contribution >= 4 is 58.2 Å². The van der Waals surface area contributed by atoms with Crippen LogP contribution in [-0.2, 0) is 16.0 Å². The lowest BCUT2D eigenvalue weighted by atomic mass is 10.1. The zero-order valence-electron chi connectivity index (χ0n) is 18.1. The largest absolute Gasteiger partial charge is 0.321 e. The van der Waals surface area contributed by atoms with Crippen LogP contribution in [-0.4, -0.2) is 17.1 Å². The van der Waals surface area contributed by atoms with Crippen LogP contribution in [0.5, 0.6) is 0 Å². The van der Waals surface area contributed by atoms with Crippen molar-refractivity contribution in [2.45, 2.75) is 18.6 Å². The van der Waals surface area contributed by atoms with Crippen LogP contribution in [0.15, 0.2) is 83.4 Å². The van der Waals surface area contributed by atoms with Crippen LogP contribution in [0, 0.1) is 18.3 Å². The van der Waals surface area contributed by atoms with E-state index in [2.05, 4.69) is 5.32 Å². The van der Waals surface area contributed by atoms with Crippen molar-refractivity contribution in [1.29, 1.82) is 5.26 Å². The predicted octanol–water partition coefficient (Wildman–Crippen LogP) is 6.37. The zero-order chi connectivity index (χ0) is 24.2. The fourth-order valence-corrected chi connectivity index (χ4v) is 5.28. The Kier molecular flexibility index (Phi) is 7.28. The lowest BCUT2D eigenvalue weighted by Gasteiger charge is -2.18. The van der Waals surface area contributed by atoms with E-state index in [0.717, 1.165) is 11.1 Å². The number of aryl methyl sites for hydroxylation is 1. The third-order valence-electron chi connectivity index (χ3n) is 5.33. The van der Waals surface area contributed by atoms with Crippen LogP contribution in [0.25, 0.3) is 0 Å². The van der Waals surface area contributed by atoms with E-state index in [-0.39, 0.29) is 16.5 Å². The molecule has 8 heteroatoms. The standard InChI is InChI=1S/C26H19Cl2N3O2S/c1-16-7-5-6-10-22(16)30-24(32)20(15-29)26-31(19-8-3-2-4-9-19)25(33)23(34-26)14-17-13-18(27)11-12-21(17)28/h2-13,23H,14H2,1H3,(H,30,32)/b26-20-/t23-/m1/s1. The number of hydrogen-bond donors (Lipinski definition) is 1. The van der Waals surface area contributed by atoms with Crippen LogP contribution < -0.4 is 10.2 Å². The molecule has 0 saturated carbocycles. The maximum absolute atomic E-state index is 13.5. The van der Waals surface area contributed by atoms with Gasteiger partial charge in [0, 0.05) is 21.4 Å². The third-order valence-corrected chi connectivity index (χ3v) is 7.19. The van der Waals surface area contributed by atoms with Gasteiger partial charge in [0.2, 0.25) is 5.91 Å². The summed E-state index contributed by atoms with van der Waals surface area (Å²) in [5, 5.41) is 13.5. The second kappa shape index (κ2) is 10.4. The van der Waals surface area contributed by atoms with Crippen molar-refractivity contribution in [3.63, 3.8) is 0 Å². The van der Waals surface area contributed by atoms with E-state index in [0.29, 0.717) is 27.8 Å². The Hall–Kier alpha value is -3.24. The fourth-order valence-electron chi connectivity index (χ4n) is 3.60. The first-order valence-corrected chi connectivity index (χ1v) is 12.0. The van der Waals surface area contributed by atoms with E-state index in [1.54, 1.807) is 54.6 Å². The van der Waals surface area contributed by atoms with Crippen LogP contribution in [0.1, 0.15) is 11.1 Å². The molecule has 1 N–H and O–H groups in total. The van der Waals surface area contributed by atoms with E-state index in [9.17, 15) is 14.9 Å². The summed E-state index contributed by atoms with van der Waals surface area (Å²) in [7, 11) is 0. The smallest absolute Gasteiger partial charge is 0.269 e. The molecule has 1 aliphatic rings. The number of carbonyl (C=O) groups is 2. The van der Waals surface area contributed by atoms with Crippen LogP contribution in [0.2, 0.25) is 10.0 Å². The Morgan fingerprint density at radius 2 is 1.79 bits per heavy atom. The molecule has 170 valence electrons. The molecule has 1 heterocycles. The van der Waals surface area contributed by atoms with Crippen molar-refractivity contribution in [2.24, 2.45) is 0 Å². The van der Waals surface area contributed by atoms with Crippen LogP contribution >= 0.6 is 35.0 Å². The molecule has 0 aliphatic carbocycles. The van der Waals surface area contributed by atoms with Crippen molar-refractivity contribution in [3.05, 3.63) is 105 Å². The number of carbonyl (C=O) groups excluding carboxylic acids is 2. The highest BCUT2D eigenvalue weighted by Gasteiger charge is 2.41. The Morgan fingerprint density at radius 3 is 2.50 bits per heavy atom. The quantitative estimate of drug-likeness (QED) is 0.321. The van der Waals surface area contributed by atoms with Crippen molar-refractivity contribution in [3.8, 4) is 6.07 Å². The Labute approximate surface area is 212 Å². The molecule has 2 amide bonds. The van der Waals surface area contributed by atoms with Gasteiger partial charge in [-0.25, -0.2) is 0 Å². The minimum atomic E-state index is -0.583. The van der Waals surface area contributed by atoms with E-state index in [4.69, 9.17) is 23.2 Å². The summed E-state index contributed by atoms with van der Waals surface area (Å²) in [6, 6.07) is 23.4. The molecule has 34 heavy (non-hydrogen) atoms. The average molecular weight is 508 g/mol. The molecule has 1 atom stereocenters. The molecule has 0 aromatic heterocycles. The summed E-state index contributed by atoms with van der Waals surface area (Å²) in [6.07, 6.45) is 0.299. The first kappa shape index (κ1) is 23.9. The van der Waals surface area contributed by atoms with E-state index < -0.39 is 11.2 Å². The number of amides is 2. The van der Waals surface area contributed by atoms with Gasteiger partial charge in [-0.2, -0.15) is 5.26 Å². The highest BCUT2D eigenvalue weighted by atomic mass is 35.5. The van der Waals surface area contributed by atoms with Gasteiger partial charge in [0.15, 0.2) is 0 Å². The van der Waals surface area contributed by atoms with Gasteiger partial charge in [-0.1, -0.05) is 71.4 Å². The Balaban J connectivity index is 1.74. The first-order valence-electron chi connectivity index (χ1n) is 10.4. The van der Waals surface area contributed by atoms with E-state index in [1.165, 1.54) is 16.7 Å². The molecule has 3 aromatic carbocycles. The molecule has 1 saturated heterocycles. The van der Waals surface area contributed by atoms with E-state index >= 15 is 0 Å². The minimum Gasteiger partial charge on any atom is -0.321 e. The van der Waals surface area contributed by atoms with Crippen molar-refractivity contribution in [2.75, 3.05) is 10.2 Å². The first-order chi connectivity index (χ1) is 16.4. The van der Waals surface area contributed by atoms with Gasteiger partial charge in [0.05, 0.1) is 5.25 Å². The summed E-state index contributed by atoms with van der Waals surface area (Å²) in [6.45, 7) is 1.86. The number of para-hydroxylation sites is 2. The molecular formula is C26H19Cl2N3O2S. The number of rotatable bonds is 5. The van der Waals surface area contributed by atoms with Crippen molar-refractivity contribution in [1.82, 2.24) is 0 Å². The topological polar surface area (TPSA) is 73.2 Å². The molecule has 0 bridgehead atoms. The molecule has 4 rings (SSSR count). The summed E-state index contributed by atoms with van der Waals surface area (Å²) in [5.74, 6) is -0.812. The molecule has 0 radical (unpaired) electrons. The number of nitrogens with zero attached hydrogens (tertiary/aromatic N) is 2. The van der Waals surface area contributed by atoms with Crippen LogP contribution in [0.3, 0.4) is 0 Å². The van der Waals surface area contributed by atoms with Gasteiger partial charge in [0.1, 0.15) is 16.7 Å². The molecule has 1 fully saturated rings. The average Bonchev–Trinajstić information content (AvgIpc) is 3.14. The van der Waals surface area contributed by atoms with Gasteiger partial charge in [-0.3, -0.25) is 14.5 Å². The van der Waals surface area contributed by atoms with E-state index in [1.807, 2.05) is 31.2 Å². The monoisotopic (exact) mass is 507 g/mol. The summed E-state index contributed by atoms with van der Waals surface area (Å²) < 4.78 is 0. The van der Waals surface area contributed by atoms with Gasteiger partial charge in [0.25, 0.3) is 5.91 Å². The molecule has 0 spiro atoms. The molecule has 5 nitrogen and oxygen atoms in total. The predicted molar refractivity (Wildman–Crippen MR) is 138 cm³/mol. The summed E-state index contributed by atoms with van der Waals surface area (Å²) in [4.78, 5) is 28.1. The van der Waals surface area contributed by atoms with Gasteiger partial charge in [-0.05, 0) is 60.9 Å². The van der Waals surface area contributed by atoms with Gasteiger partial charge >= 0.3 is 0 Å². The number of thioether (sulfide) groups is 1. The molecular weight excluding hydrogens is 489 g/mol. The number of anilines is 2. The van der Waals surface area contributed by atoms with Crippen LogP contribution in [0.4, 0.5) is 11.4 Å². The minimum absolute atomic E-state index is 0.134. The lowest BCUT2D eigenvalue weighted by molar-refractivity contribution is -0.117. The van der Waals surface area contributed by atoms with Gasteiger partial charge < -0.3 is 5.32 Å². The number of halogens is 2. The normalized spacial score (nSPS) is 16.8. The number of nitrogens with one attached hydrogen (secondary N) is 1. The van der Waals surface area contributed by atoms with Gasteiger partial charge in [-0.15, -0.1) is 0 Å². The second-order valence-electron chi connectivity index (χ2n) is 7.62. The summed E-state index contributed by atoms with van der Waals surface area (Å²) in [5.41, 5.74) is 2.62. The fraction of sp³-hybridized carbons (Fsp3) is 0.115. The number of benzene rings is 3. The second-order valence-corrected chi connectivity index (χ2v) is 9.65. The third kappa shape index (κ3) is 4.97. The maximum atomic E-state index is 13.5. The lowest BCUT2D eigenvalue weighted by Crippen LogP contribution is -2.31. The highest BCUT2D eigenvalue weighted by Crippen LogP contribution is 2.42. The maximum Gasteiger partial charge on any atom is 0.269 e. The molecule has 0 unspecified atom stereocenters. The zero-order valence-corrected chi connectivity index (χ0v) is 20.4. The van der Waals surface area contributed by atoms with Crippen molar-refractivity contribution < 1.29 is 9.59 Å².